The van der Waals surface area contributed by atoms with Gasteiger partial charge >= 0.3 is 0 Å². The lowest BCUT2D eigenvalue weighted by Crippen LogP contribution is -2.38. The Hall–Kier alpha value is -1.36. The Labute approximate surface area is 147 Å². The first-order valence-electron chi connectivity index (χ1n) is 8.33. The zero-order valence-electron chi connectivity index (χ0n) is 14.1. The lowest BCUT2D eigenvalue weighted by molar-refractivity contribution is -0.135. The molecule has 1 unspecified atom stereocenters. The standard InChI is InChI=1S/C18H25BrN2O2/c1-4-8-20(9-5-2)18(23)14-10-17(22)21(12-14)15-7-6-13(3)16(19)11-15/h6-7,11,14H,4-5,8-10,12H2,1-3H3. The highest BCUT2D eigenvalue weighted by atomic mass is 79.9. The fourth-order valence-corrected chi connectivity index (χ4v) is 3.37. The number of nitrogens with zero attached hydrogens (tertiary/aromatic N) is 2. The number of hydrogen-bond acceptors (Lipinski definition) is 2. The number of hydrogen-bond donors (Lipinski definition) is 0. The molecule has 5 heteroatoms. The summed E-state index contributed by atoms with van der Waals surface area (Å²) in [7, 11) is 0. The van der Waals surface area contributed by atoms with Gasteiger partial charge in [0.25, 0.3) is 0 Å². The van der Waals surface area contributed by atoms with E-state index in [0.29, 0.717) is 13.0 Å². The molecule has 2 rings (SSSR count). The van der Waals surface area contributed by atoms with Crippen LogP contribution in [-0.4, -0.2) is 36.3 Å². The monoisotopic (exact) mass is 380 g/mol. The number of benzene rings is 1. The van der Waals surface area contributed by atoms with E-state index in [4.69, 9.17) is 0 Å². The molecule has 1 aromatic rings. The van der Waals surface area contributed by atoms with Gasteiger partial charge in [0.1, 0.15) is 0 Å². The topological polar surface area (TPSA) is 40.6 Å². The van der Waals surface area contributed by atoms with Crippen LogP contribution in [0.4, 0.5) is 5.69 Å². The van der Waals surface area contributed by atoms with E-state index >= 15 is 0 Å². The molecule has 0 N–H and O–H groups in total. The zero-order chi connectivity index (χ0) is 17.0. The third-order valence-corrected chi connectivity index (χ3v) is 5.09. The second-order valence-corrected chi connectivity index (χ2v) is 7.02. The molecule has 0 saturated carbocycles. The highest BCUT2D eigenvalue weighted by Crippen LogP contribution is 2.29. The predicted molar refractivity (Wildman–Crippen MR) is 96.5 cm³/mol. The van der Waals surface area contributed by atoms with Crippen molar-refractivity contribution in [1.29, 1.82) is 0 Å². The third-order valence-electron chi connectivity index (χ3n) is 4.24. The van der Waals surface area contributed by atoms with E-state index in [0.717, 1.165) is 41.7 Å². The van der Waals surface area contributed by atoms with Gasteiger partial charge in [0.15, 0.2) is 0 Å². The van der Waals surface area contributed by atoms with Gasteiger partial charge in [0.2, 0.25) is 11.8 Å². The number of halogens is 1. The van der Waals surface area contributed by atoms with Crippen LogP contribution in [0.1, 0.15) is 38.7 Å². The average molecular weight is 381 g/mol. The van der Waals surface area contributed by atoms with E-state index in [1.807, 2.05) is 30.0 Å². The van der Waals surface area contributed by atoms with Crippen molar-refractivity contribution in [3.8, 4) is 0 Å². The molecule has 1 fully saturated rings. The summed E-state index contributed by atoms with van der Waals surface area (Å²) >= 11 is 3.51. The quantitative estimate of drug-likeness (QED) is 0.753. The molecule has 1 aliphatic rings. The maximum Gasteiger partial charge on any atom is 0.228 e. The highest BCUT2D eigenvalue weighted by molar-refractivity contribution is 9.10. The SMILES string of the molecule is CCCN(CCC)C(=O)C1CC(=O)N(c2ccc(C)c(Br)c2)C1. The van der Waals surface area contributed by atoms with Crippen LogP contribution in [0.15, 0.2) is 22.7 Å². The Morgan fingerprint density at radius 2 is 1.96 bits per heavy atom. The first-order valence-corrected chi connectivity index (χ1v) is 9.12. The van der Waals surface area contributed by atoms with Crippen LogP contribution in [-0.2, 0) is 9.59 Å². The summed E-state index contributed by atoms with van der Waals surface area (Å²) in [5.41, 5.74) is 1.99. The van der Waals surface area contributed by atoms with E-state index in [-0.39, 0.29) is 17.7 Å². The van der Waals surface area contributed by atoms with Crippen molar-refractivity contribution in [2.24, 2.45) is 5.92 Å². The van der Waals surface area contributed by atoms with Crippen LogP contribution in [0.25, 0.3) is 0 Å². The molecular weight excluding hydrogens is 356 g/mol. The maximum absolute atomic E-state index is 12.7. The van der Waals surface area contributed by atoms with E-state index in [2.05, 4.69) is 29.8 Å². The van der Waals surface area contributed by atoms with Gasteiger partial charge < -0.3 is 9.80 Å². The van der Waals surface area contributed by atoms with Gasteiger partial charge in [-0.3, -0.25) is 9.59 Å². The molecule has 1 aromatic carbocycles. The number of anilines is 1. The molecule has 1 atom stereocenters. The molecule has 23 heavy (non-hydrogen) atoms. The van der Waals surface area contributed by atoms with E-state index < -0.39 is 0 Å². The molecule has 126 valence electrons. The van der Waals surface area contributed by atoms with E-state index in [9.17, 15) is 9.59 Å². The van der Waals surface area contributed by atoms with Gasteiger partial charge in [-0.15, -0.1) is 0 Å². The van der Waals surface area contributed by atoms with Gasteiger partial charge in [0.05, 0.1) is 5.92 Å². The fourth-order valence-electron chi connectivity index (χ4n) is 3.00. The Kier molecular flexibility index (Phi) is 6.22. The van der Waals surface area contributed by atoms with Gasteiger partial charge in [-0.05, 0) is 37.5 Å². The molecule has 1 heterocycles. The molecule has 2 amide bonds. The molecule has 0 radical (unpaired) electrons. The Morgan fingerprint density at radius 3 is 2.52 bits per heavy atom. The number of carbonyl (C=O) groups excluding carboxylic acids is 2. The molecule has 1 aliphatic heterocycles. The first kappa shape index (κ1) is 18.0. The minimum absolute atomic E-state index is 0.0343. The molecule has 4 nitrogen and oxygen atoms in total. The average Bonchev–Trinajstić information content (AvgIpc) is 2.91. The van der Waals surface area contributed by atoms with Crippen LogP contribution >= 0.6 is 15.9 Å². The number of rotatable bonds is 6. The van der Waals surface area contributed by atoms with Crippen LogP contribution in [0.2, 0.25) is 0 Å². The summed E-state index contributed by atoms with van der Waals surface area (Å²) in [5, 5.41) is 0. The summed E-state index contributed by atoms with van der Waals surface area (Å²) in [6.45, 7) is 8.19. The number of aryl methyl sites for hydroxylation is 1. The smallest absolute Gasteiger partial charge is 0.228 e. The predicted octanol–water partition coefficient (Wildman–Crippen LogP) is 3.76. The normalized spacial score (nSPS) is 17.7. The third kappa shape index (κ3) is 4.14. The zero-order valence-corrected chi connectivity index (χ0v) is 15.7. The largest absolute Gasteiger partial charge is 0.342 e. The molecule has 1 saturated heterocycles. The lowest BCUT2D eigenvalue weighted by Gasteiger charge is -2.25. The second kappa shape index (κ2) is 7.95. The summed E-state index contributed by atoms with van der Waals surface area (Å²) in [6.07, 6.45) is 2.20. The van der Waals surface area contributed by atoms with Gasteiger partial charge in [-0.25, -0.2) is 0 Å². The molecule has 0 aliphatic carbocycles. The van der Waals surface area contributed by atoms with Crippen molar-refractivity contribution >= 4 is 33.4 Å². The van der Waals surface area contributed by atoms with Crippen LogP contribution in [0.5, 0.6) is 0 Å². The van der Waals surface area contributed by atoms with Crippen molar-refractivity contribution in [3.63, 3.8) is 0 Å². The molecular formula is C18H25BrN2O2. The maximum atomic E-state index is 12.7. The summed E-state index contributed by atoms with van der Waals surface area (Å²) < 4.78 is 0.983. The summed E-state index contributed by atoms with van der Waals surface area (Å²) in [5.74, 6) is -0.0662. The summed E-state index contributed by atoms with van der Waals surface area (Å²) in [4.78, 5) is 28.7. The minimum Gasteiger partial charge on any atom is -0.342 e. The van der Waals surface area contributed by atoms with E-state index in [1.165, 1.54) is 0 Å². The summed E-state index contributed by atoms with van der Waals surface area (Å²) in [6, 6.07) is 5.89. The lowest BCUT2D eigenvalue weighted by atomic mass is 10.1. The van der Waals surface area contributed by atoms with Crippen molar-refractivity contribution < 1.29 is 9.59 Å². The Balaban J connectivity index is 2.12. The molecule has 0 spiro atoms. The van der Waals surface area contributed by atoms with Crippen LogP contribution in [0.3, 0.4) is 0 Å². The van der Waals surface area contributed by atoms with Crippen molar-refractivity contribution in [2.75, 3.05) is 24.5 Å². The van der Waals surface area contributed by atoms with Gasteiger partial charge in [-0.1, -0.05) is 35.8 Å². The number of carbonyl (C=O) groups is 2. The van der Waals surface area contributed by atoms with E-state index in [1.54, 1.807) is 4.90 Å². The Morgan fingerprint density at radius 1 is 1.30 bits per heavy atom. The second-order valence-electron chi connectivity index (χ2n) is 6.16. The van der Waals surface area contributed by atoms with Crippen LogP contribution in [0, 0.1) is 12.8 Å². The van der Waals surface area contributed by atoms with Crippen molar-refractivity contribution in [1.82, 2.24) is 4.90 Å². The fraction of sp³-hybridized carbons (Fsp3) is 0.556. The van der Waals surface area contributed by atoms with Crippen LogP contribution < -0.4 is 4.90 Å². The Bertz CT molecular complexity index is 582. The highest BCUT2D eigenvalue weighted by Gasteiger charge is 2.36. The van der Waals surface area contributed by atoms with Crippen molar-refractivity contribution in [2.45, 2.75) is 40.0 Å². The van der Waals surface area contributed by atoms with Gasteiger partial charge in [-0.2, -0.15) is 0 Å². The van der Waals surface area contributed by atoms with Gasteiger partial charge in [0, 0.05) is 36.2 Å². The minimum atomic E-state index is -0.222. The molecule has 0 aromatic heterocycles. The number of amides is 2. The first-order chi connectivity index (χ1) is 11.0. The molecule has 0 bridgehead atoms. The van der Waals surface area contributed by atoms with Crippen molar-refractivity contribution in [3.05, 3.63) is 28.2 Å².